The molecule has 2 aliphatic carbocycles. The highest BCUT2D eigenvalue weighted by Crippen LogP contribution is 2.38. The largest absolute Gasteiger partial charge is 0.356 e. The Morgan fingerprint density at radius 2 is 2.03 bits per heavy atom. The van der Waals surface area contributed by atoms with Crippen LogP contribution in [0.5, 0.6) is 0 Å². The Kier molecular flexibility index (Phi) is 6.07. The van der Waals surface area contributed by atoms with Gasteiger partial charge in [0.15, 0.2) is 5.76 Å². The van der Waals surface area contributed by atoms with Gasteiger partial charge in [0.2, 0.25) is 5.91 Å². The second-order valence-electron chi connectivity index (χ2n) is 8.54. The van der Waals surface area contributed by atoms with E-state index in [0.717, 1.165) is 73.6 Å². The summed E-state index contributed by atoms with van der Waals surface area (Å²) in [5, 5.41) is 7.18. The molecule has 6 heteroatoms. The molecule has 0 bridgehead atoms. The molecule has 6 nitrogen and oxygen atoms in total. The Bertz CT molecular complexity index is 881. The molecule has 0 aliphatic heterocycles. The zero-order valence-electron chi connectivity index (χ0n) is 17.4. The van der Waals surface area contributed by atoms with Gasteiger partial charge in [-0.15, -0.1) is 0 Å². The Labute approximate surface area is 172 Å². The van der Waals surface area contributed by atoms with E-state index in [9.17, 15) is 4.79 Å². The highest BCUT2D eigenvalue weighted by molar-refractivity contribution is 5.76. The van der Waals surface area contributed by atoms with Gasteiger partial charge in [-0.1, -0.05) is 17.3 Å². The summed E-state index contributed by atoms with van der Waals surface area (Å²) in [6.45, 7) is 4.64. The van der Waals surface area contributed by atoms with Gasteiger partial charge in [-0.25, -0.2) is 9.97 Å². The third kappa shape index (κ3) is 4.92. The summed E-state index contributed by atoms with van der Waals surface area (Å²) in [4.78, 5) is 21.3. The van der Waals surface area contributed by atoms with Gasteiger partial charge in [0.25, 0.3) is 0 Å². The van der Waals surface area contributed by atoms with Crippen LogP contribution in [0.3, 0.4) is 0 Å². The van der Waals surface area contributed by atoms with Crippen LogP contribution in [0.25, 0.3) is 11.3 Å². The van der Waals surface area contributed by atoms with Crippen LogP contribution in [0.1, 0.15) is 68.1 Å². The number of rotatable bonds is 6. The lowest BCUT2D eigenvalue weighted by Gasteiger charge is -2.29. The molecule has 0 aromatic carbocycles. The smallest absolute Gasteiger partial charge is 0.220 e. The number of amides is 1. The molecule has 1 amide bonds. The zero-order chi connectivity index (χ0) is 20.2. The van der Waals surface area contributed by atoms with Crippen molar-refractivity contribution >= 4 is 5.91 Å². The fourth-order valence-electron chi connectivity index (χ4n) is 4.55. The van der Waals surface area contributed by atoms with Crippen molar-refractivity contribution in [2.75, 3.05) is 6.54 Å². The summed E-state index contributed by atoms with van der Waals surface area (Å²) in [5.41, 5.74) is 2.89. The Hall–Kier alpha value is -2.50. The number of nitrogens with one attached hydrogen (secondary N) is 1. The normalized spacial score (nSPS) is 24.0. The number of carbonyl (C=O) groups is 1. The maximum absolute atomic E-state index is 12.2. The molecule has 1 atom stereocenters. The first-order chi connectivity index (χ1) is 14.1. The van der Waals surface area contributed by atoms with Gasteiger partial charge in [0.05, 0.1) is 17.0 Å². The highest BCUT2D eigenvalue weighted by atomic mass is 16.5. The van der Waals surface area contributed by atoms with Gasteiger partial charge in [-0.3, -0.25) is 4.79 Å². The van der Waals surface area contributed by atoms with E-state index in [2.05, 4.69) is 27.6 Å². The fourth-order valence-corrected chi connectivity index (χ4v) is 4.55. The molecule has 1 N–H and O–H groups in total. The van der Waals surface area contributed by atoms with Crippen molar-refractivity contribution in [1.29, 1.82) is 0 Å². The van der Waals surface area contributed by atoms with Gasteiger partial charge in [-0.2, -0.15) is 0 Å². The van der Waals surface area contributed by atoms with E-state index in [1.54, 1.807) is 0 Å². The van der Waals surface area contributed by atoms with Crippen molar-refractivity contribution < 1.29 is 9.32 Å². The lowest BCUT2D eigenvalue weighted by molar-refractivity contribution is -0.121. The van der Waals surface area contributed by atoms with Gasteiger partial charge >= 0.3 is 0 Å². The molecule has 29 heavy (non-hydrogen) atoms. The topological polar surface area (TPSA) is 80.9 Å². The zero-order valence-corrected chi connectivity index (χ0v) is 17.4. The molecule has 0 radical (unpaired) electrons. The fraction of sp³-hybridized carbons (Fsp3) is 0.565. The summed E-state index contributed by atoms with van der Waals surface area (Å²) in [6.07, 6.45) is 13.4. The lowest BCUT2D eigenvalue weighted by atomic mass is 9.79. The van der Waals surface area contributed by atoms with Crippen LogP contribution in [0.4, 0.5) is 0 Å². The van der Waals surface area contributed by atoms with Crippen LogP contribution < -0.4 is 5.32 Å². The number of aryl methyl sites for hydroxylation is 2. The lowest BCUT2D eigenvalue weighted by Crippen LogP contribution is -2.32. The van der Waals surface area contributed by atoms with E-state index in [1.807, 2.05) is 26.1 Å². The van der Waals surface area contributed by atoms with Crippen LogP contribution in [0.2, 0.25) is 0 Å². The first-order valence-corrected chi connectivity index (χ1v) is 10.8. The monoisotopic (exact) mass is 394 g/mol. The third-order valence-corrected chi connectivity index (χ3v) is 6.21. The molecule has 1 saturated carbocycles. The van der Waals surface area contributed by atoms with E-state index >= 15 is 0 Å². The molecule has 0 unspecified atom stereocenters. The van der Waals surface area contributed by atoms with Crippen LogP contribution in [0.15, 0.2) is 28.9 Å². The van der Waals surface area contributed by atoms with Gasteiger partial charge in [0, 0.05) is 31.1 Å². The molecule has 1 fully saturated rings. The Morgan fingerprint density at radius 1 is 1.21 bits per heavy atom. The first-order valence-electron chi connectivity index (χ1n) is 10.8. The van der Waals surface area contributed by atoms with Crippen molar-refractivity contribution in [1.82, 2.24) is 20.4 Å². The second kappa shape index (κ2) is 8.89. The molecule has 2 aliphatic rings. The Balaban J connectivity index is 1.33. The highest BCUT2D eigenvalue weighted by Gasteiger charge is 2.27. The van der Waals surface area contributed by atoms with E-state index in [4.69, 9.17) is 9.51 Å². The summed E-state index contributed by atoms with van der Waals surface area (Å²) in [6, 6.07) is 1.94. The standard InChI is InChI=1S/C23H30N4O2/c1-15-11-21(29-27-15)20-14-24-16(2)26-23(20)19-9-7-18(8-10-19)13-25-22(28)12-17-5-3-4-6-17/h3,5,11,14,17-19H,4,6-10,12-13H2,1-2H3,(H,25,28)/t17-,18?,19?/m0/s1. The maximum Gasteiger partial charge on any atom is 0.220 e. The minimum absolute atomic E-state index is 0.193. The quantitative estimate of drug-likeness (QED) is 0.730. The van der Waals surface area contributed by atoms with E-state index in [0.29, 0.717) is 24.2 Å². The van der Waals surface area contributed by atoms with Crippen LogP contribution >= 0.6 is 0 Å². The first kappa shape index (κ1) is 19.8. The molecule has 2 aromatic heterocycles. The van der Waals surface area contributed by atoms with Crippen molar-refractivity contribution in [2.24, 2.45) is 11.8 Å². The molecular formula is C23H30N4O2. The van der Waals surface area contributed by atoms with Crippen molar-refractivity contribution in [3.05, 3.63) is 41.6 Å². The molecule has 4 rings (SSSR count). The average Bonchev–Trinajstić information content (AvgIpc) is 3.38. The number of aromatic nitrogens is 3. The van der Waals surface area contributed by atoms with Gasteiger partial charge in [0.1, 0.15) is 5.82 Å². The molecule has 154 valence electrons. The molecule has 2 heterocycles. The van der Waals surface area contributed by atoms with E-state index in [-0.39, 0.29) is 5.91 Å². The Morgan fingerprint density at radius 3 is 2.72 bits per heavy atom. The maximum atomic E-state index is 12.2. The molecule has 0 saturated heterocycles. The van der Waals surface area contributed by atoms with E-state index < -0.39 is 0 Å². The average molecular weight is 395 g/mol. The second-order valence-corrected chi connectivity index (χ2v) is 8.54. The van der Waals surface area contributed by atoms with Crippen LogP contribution in [-0.4, -0.2) is 27.6 Å². The third-order valence-electron chi connectivity index (χ3n) is 6.21. The van der Waals surface area contributed by atoms with Crippen molar-refractivity contribution in [3.8, 4) is 11.3 Å². The van der Waals surface area contributed by atoms with E-state index in [1.165, 1.54) is 0 Å². The summed E-state index contributed by atoms with van der Waals surface area (Å²) in [5.74, 6) is 3.10. The van der Waals surface area contributed by atoms with Crippen LogP contribution in [-0.2, 0) is 4.79 Å². The molecule has 0 spiro atoms. The number of nitrogens with zero attached hydrogens (tertiary/aromatic N) is 3. The van der Waals surface area contributed by atoms with Crippen LogP contribution in [0, 0.1) is 25.7 Å². The molecular weight excluding hydrogens is 364 g/mol. The van der Waals surface area contributed by atoms with Crippen molar-refractivity contribution in [2.45, 2.75) is 64.7 Å². The minimum atomic E-state index is 0.193. The molecule has 2 aromatic rings. The minimum Gasteiger partial charge on any atom is -0.356 e. The number of allylic oxidation sites excluding steroid dienone is 2. The predicted molar refractivity (Wildman–Crippen MR) is 111 cm³/mol. The summed E-state index contributed by atoms with van der Waals surface area (Å²) >= 11 is 0. The SMILES string of the molecule is Cc1cc(-c2cnc(C)nc2C2CCC(CNC(=O)C[C@H]3C=CCC3)CC2)on1. The predicted octanol–water partition coefficient (Wildman–Crippen LogP) is 4.49. The summed E-state index contributed by atoms with van der Waals surface area (Å²) in [7, 11) is 0. The van der Waals surface area contributed by atoms with Crippen molar-refractivity contribution in [3.63, 3.8) is 0 Å². The number of hydrogen-bond donors (Lipinski definition) is 1. The number of hydrogen-bond acceptors (Lipinski definition) is 5. The van der Waals surface area contributed by atoms with Gasteiger partial charge < -0.3 is 9.84 Å². The number of carbonyl (C=O) groups excluding carboxylic acids is 1. The van der Waals surface area contributed by atoms with Gasteiger partial charge in [-0.05, 0) is 64.2 Å². The summed E-state index contributed by atoms with van der Waals surface area (Å²) < 4.78 is 5.48.